The molecule has 0 aromatic heterocycles. The highest BCUT2D eigenvalue weighted by atomic mass is 16.7. The number of carbonyl (C=O) groups excluding carboxylic acids is 2. The Morgan fingerprint density at radius 2 is 1.65 bits per heavy atom. The molecular weight excluding hydrogens is 400 g/mol. The Kier molecular flexibility index (Phi) is 4.55. The number of carbonyl (C=O) groups is 2. The summed E-state index contributed by atoms with van der Waals surface area (Å²) in [6.45, 7) is 1.29. The first-order valence-corrected chi connectivity index (χ1v) is 10.1. The molecule has 8 heteroatoms. The number of ketones is 1. The lowest BCUT2D eigenvalue weighted by molar-refractivity contribution is 0.0592. The molecule has 2 aromatic carbocycles. The first-order chi connectivity index (χ1) is 14.9. The molecule has 8 nitrogen and oxygen atoms in total. The molecule has 2 atom stereocenters. The molecule has 0 spiro atoms. The lowest BCUT2D eigenvalue weighted by Gasteiger charge is -2.39. The van der Waals surface area contributed by atoms with E-state index in [2.05, 4.69) is 0 Å². The second kappa shape index (κ2) is 7.16. The van der Waals surface area contributed by atoms with E-state index >= 15 is 0 Å². The molecule has 0 N–H and O–H groups in total. The van der Waals surface area contributed by atoms with Crippen molar-refractivity contribution in [2.75, 3.05) is 48.2 Å². The van der Waals surface area contributed by atoms with Crippen molar-refractivity contribution in [3.8, 4) is 23.0 Å². The maximum Gasteiger partial charge on any atom is 0.254 e. The second-order valence-electron chi connectivity index (χ2n) is 8.18. The molecule has 0 saturated carbocycles. The molecule has 1 amide bonds. The number of likely N-dealkylation sites (N-methyl/N-ethyl adjacent to an activating group) is 1. The zero-order valence-electron chi connectivity index (χ0n) is 17.9. The van der Waals surface area contributed by atoms with Gasteiger partial charge < -0.3 is 28.7 Å². The van der Waals surface area contributed by atoms with Gasteiger partial charge in [-0.3, -0.25) is 9.59 Å². The fraction of sp³-hybridized carbons (Fsp3) is 0.391. The molecule has 2 heterocycles. The average Bonchev–Trinajstić information content (AvgIpc) is 3.33. The van der Waals surface area contributed by atoms with Crippen LogP contribution in [0.4, 0.5) is 0 Å². The molecule has 0 unspecified atom stereocenters. The highest BCUT2D eigenvalue weighted by Gasteiger charge is 2.51. The minimum Gasteiger partial charge on any atom is -0.493 e. The maximum atomic E-state index is 13.6. The average molecular weight is 424 g/mol. The minimum absolute atomic E-state index is 0.0332. The van der Waals surface area contributed by atoms with Gasteiger partial charge in [0.05, 0.1) is 26.2 Å². The SMILES string of the molecule is COc1cc2c(cc1OC)[C@@H]1C(=O)c3cc4c(cc3[C@@H]1N(CCN(C)C)C2=O)OCO4. The van der Waals surface area contributed by atoms with E-state index in [0.717, 1.165) is 5.56 Å². The minimum atomic E-state index is -0.521. The number of methoxy groups -OCH3 is 2. The third-order valence-electron chi connectivity index (χ3n) is 6.23. The maximum absolute atomic E-state index is 13.6. The second-order valence-corrected chi connectivity index (χ2v) is 8.18. The molecule has 2 aromatic rings. The van der Waals surface area contributed by atoms with Crippen molar-refractivity contribution >= 4 is 11.7 Å². The topological polar surface area (TPSA) is 77.5 Å². The van der Waals surface area contributed by atoms with Crippen LogP contribution in [0.25, 0.3) is 0 Å². The van der Waals surface area contributed by atoms with Crippen molar-refractivity contribution in [3.63, 3.8) is 0 Å². The molecule has 0 radical (unpaired) electrons. The van der Waals surface area contributed by atoms with Gasteiger partial charge in [0.1, 0.15) is 0 Å². The van der Waals surface area contributed by atoms with Crippen molar-refractivity contribution in [1.82, 2.24) is 9.80 Å². The Morgan fingerprint density at radius 1 is 0.968 bits per heavy atom. The van der Waals surface area contributed by atoms with Crippen molar-refractivity contribution < 1.29 is 28.5 Å². The zero-order chi connectivity index (χ0) is 21.9. The monoisotopic (exact) mass is 424 g/mol. The van der Waals surface area contributed by atoms with Crippen LogP contribution in [0, 0.1) is 0 Å². The summed E-state index contributed by atoms with van der Waals surface area (Å²) < 4.78 is 21.9. The summed E-state index contributed by atoms with van der Waals surface area (Å²) in [4.78, 5) is 31.1. The summed E-state index contributed by atoms with van der Waals surface area (Å²) in [6.07, 6.45) is 0. The number of hydrogen-bond donors (Lipinski definition) is 0. The number of ether oxygens (including phenoxy) is 4. The van der Waals surface area contributed by atoms with Crippen LogP contribution < -0.4 is 18.9 Å². The molecule has 31 heavy (non-hydrogen) atoms. The summed E-state index contributed by atoms with van der Waals surface area (Å²) in [5, 5.41) is 0. The van der Waals surface area contributed by atoms with Gasteiger partial charge in [-0.05, 0) is 49.5 Å². The van der Waals surface area contributed by atoms with E-state index in [1.54, 1.807) is 30.2 Å². The van der Waals surface area contributed by atoms with E-state index in [9.17, 15) is 9.59 Å². The molecule has 2 aliphatic heterocycles. The van der Waals surface area contributed by atoms with Crippen LogP contribution >= 0.6 is 0 Å². The van der Waals surface area contributed by atoms with Crippen LogP contribution in [-0.4, -0.2) is 69.7 Å². The molecule has 3 aliphatic rings. The number of Topliss-reactive ketones (excluding diaryl/α,β-unsaturated/α-hetero) is 1. The standard InChI is InChI=1S/C23H24N2O6/c1-24(2)5-6-25-21-13-8-18-19(31-11-30-18)9-14(13)22(26)20(21)12-7-16(28-3)17(29-4)10-15(12)23(25)27/h7-10,20-21H,5-6,11H2,1-4H3/t20-,21-/m0/s1. The summed E-state index contributed by atoms with van der Waals surface area (Å²) in [6, 6.07) is 6.62. The highest BCUT2D eigenvalue weighted by molar-refractivity contribution is 6.11. The Balaban J connectivity index is 1.70. The Hall–Kier alpha value is -3.26. The predicted molar refractivity (Wildman–Crippen MR) is 112 cm³/mol. The summed E-state index contributed by atoms with van der Waals surface area (Å²) >= 11 is 0. The number of benzene rings is 2. The van der Waals surface area contributed by atoms with Gasteiger partial charge in [-0.2, -0.15) is 0 Å². The van der Waals surface area contributed by atoms with Crippen molar-refractivity contribution in [3.05, 3.63) is 46.5 Å². The molecule has 0 bridgehead atoms. The first-order valence-electron chi connectivity index (χ1n) is 10.1. The van der Waals surface area contributed by atoms with E-state index in [1.807, 2.05) is 25.1 Å². The summed E-state index contributed by atoms with van der Waals surface area (Å²) in [7, 11) is 6.99. The largest absolute Gasteiger partial charge is 0.493 e. The number of fused-ring (bicyclic) bond motifs is 6. The first kappa shape index (κ1) is 19.7. The molecular formula is C23H24N2O6. The highest BCUT2D eigenvalue weighted by Crippen LogP contribution is 2.54. The number of rotatable bonds is 5. The fourth-order valence-electron chi connectivity index (χ4n) is 4.73. The van der Waals surface area contributed by atoms with Crippen LogP contribution in [0.2, 0.25) is 0 Å². The van der Waals surface area contributed by atoms with Crippen LogP contribution in [0.15, 0.2) is 24.3 Å². The normalized spacial score (nSPS) is 20.6. The van der Waals surface area contributed by atoms with Crippen LogP contribution in [0.1, 0.15) is 43.8 Å². The summed E-state index contributed by atoms with van der Waals surface area (Å²) in [5.41, 5.74) is 2.51. The van der Waals surface area contributed by atoms with Crippen LogP contribution in [-0.2, 0) is 0 Å². The van der Waals surface area contributed by atoms with Crippen molar-refractivity contribution in [2.24, 2.45) is 0 Å². The van der Waals surface area contributed by atoms with Gasteiger partial charge in [-0.15, -0.1) is 0 Å². The van der Waals surface area contributed by atoms with E-state index in [4.69, 9.17) is 18.9 Å². The quantitative estimate of drug-likeness (QED) is 0.730. The summed E-state index contributed by atoms with van der Waals surface area (Å²) in [5.74, 6) is 1.44. The third-order valence-corrected chi connectivity index (χ3v) is 6.23. The molecule has 1 aliphatic carbocycles. The zero-order valence-corrected chi connectivity index (χ0v) is 17.9. The van der Waals surface area contributed by atoms with Gasteiger partial charge >= 0.3 is 0 Å². The Labute approximate surface area is 180 Å². The van der Waals surface area contributed by atoms with Crippen LogP contribution in [0.5, 0.6) is 23.0 Å². The molecule has 5 rings (SSSR count). The molecule has 0 saturated heterocycles. The van der Waals surface area contributed by atoms with Gasteiger partial charge in [-0.1, -0.05) is 0 Å². The third kappa shape index (κ3) is 2.85. The van der Waals surface area contributed by atoms with E-state index < -0.39 is 12.0 Å². The number of amides is 1. The van der Waals surface area contributed by atoms with Crippen molar-refractivity contribution in [1.29, 1.82) is 0 Å². The Morgan fingerprint density at radius 3 is 2.32 bits per heavy atom. The fourth-order valence-corrected chi connectivity index (χ4v) is 4.73. The van der Waals surface area contributed by atoms with E-state index in [1.165, 1.54) is 7.11 Å². The molecule has 162 valence electrons. The van der Waals surface area contributed by atoms with Gasteiger partial charge in [-0.25, -0.2) is 0 Å². The van der Waals surface area contributed by atoms with Gasteiger partial charge in [0.15, 0.2) is 28.8 Å². The van der Waals surface area contributed by atoms with Gasteiger partial charge in [0.2, 0.25) is 6.79 Å². The van der Waals surface area contributed by atoms with Crippen LogP contribution in [0.3, 0.4) is 0 Å². The molecule has 0 fully saturated rings. The lowest BCUT2D eigenvalue weighted by atomic mass is 9.82. The van der Waals surface area contributed by atoms with E-state index in [-0.39, 0.29) is 18.5 Å². The number of nitrogens with zero attached hydrogens (tertiary/aromatic N) is 2. The van der Waals surface area contributed by atoms with Gasteiger partial charge in [0, 0.05) is 24.2 Å². The smallest absolute Gasteiger partial charge is 0.254 e. The Bertz CT molecular complexity index is 1100. The lowest BCUT2D eigenvalue weighted by Crippen LogP contribution is -2.45. The van der Waals surface area contributed by atoms with E-state index in [0.29, 0.717) is 52.8 Å². The predicted octanol–water partition coefficient (Wildman–Crippen LogP) is 2.47. The van der Waals surface area contributed by atoms with Gasteiger partial charge in [0.25, 0.3) is 5.91 Å². The van der Waals surface area contributed by atoms with Crippen molar-refractivity contribution in [2.45, 2.75) is 12.0 Å². The number of hydrogen-bond acceptors (Lipinski definition) is 7.